The molecule has 0 bridgehead atoms. The third kappa shape index (κ3) is 7.61. The minimum absolute atomic E-state index is 0.0525. The number of unbranched alkanes of at least 4 members (excludes halogenated alkanes) is 2. The van der Waals surface area contributed by atoms with Gasteiger partial charge in [-0.25, -0.2) is 0 Å². The summed E-state index contributed by atoms with van der Waals surface area (Å²) in [7, 11) is 1.70. The molecule has 1 aliphatic heterocycles. The second-order valence-corrected chi connectivity index (χ2v) is 8.61. The number of amides is 4. The van der Waals surface area contributed by atoms with E-state index in [1.807, 2.05) is 54.6 Å². The van der Waals surface area contributed by atoms with E-state index in [1.165, 1.54) is 17.1 Å². The minimum Gasteiger partial charge on any atom is -0.352 e. The van der Waals surface area contributed by atoms with Crippen LogP contribution in [0.5, 0.6) is 0 Å². The van der Waals surface area contributed by atoms with Crippen molar-refractivity contribution in [1.29, 1.82) is 0 Å². The van der Waals surface area contributed by atoms with E-state index >= 15 is 0 Å². The quantitative estimate of drug-likeness (QED) is 0.361. The van der Waals surface area contributed by atoms with Crippen LogP contribution in [0.15, 0.2) is 66.7 Å². The molecule has 184 valence electrons. The number of nitrogens with one attached hydrogen (secondary N) is 1. The number of carbonyl (C=O) groups is 4. The van der Waals surface area contributed by atoms with Crippen LogP contribution in [0.3, 0.4) is 0 Å². The van der Waals surface area contributed by atoms with Crippen molar-refractivity contribution in [2.45, 2.75) is 44.7 Å². The lowest BCUT2D eigenvalue weighted by Gasteiger charge is -2.22. The average molecular weight is 477 g/mol. The summed E-state index contributed by atoms with van der Waals surface area (Å²) in [6.07, 6.45) is 5.53. The van der Waals surface area contributed by atoms with Gasteiger partial charge < -0.3 is 16.0 Å². The molecule has 35 heavy (non-hydrogen) atoms. The van der Waals surface area contributed by atoms with Crippen LogP contribution in [-0.2, 0) is 32.1 Å². The van der Waals surface area contributed by atoms with E-state index in [4.69, 9.17) is 5.73 Å². The van der Waals surface area contributed by atoms with Gasteiger partial charge in [0.1, 0.15) is 0 Å². The van der Waals surface area contributed by atoms with Crippen LogP contribution in [0.25, 0.3) is 0 Å². The number of nitrogens with two attached hydrogens (primary N) is 1. The number of rotatable bonds is 12. The van der Waals surface area contributed by atoms with Gasteiger partial charge in [0, 0.05) is 44.4 Å². The molecular weight excluding hydrogens is 444 g/mol. The molecule has 4 amide bonds. The summed E-state index contributed by atoms with van der Waals surface area (Å²) < 4.78 is 0. The highest BCUT2D eigenvalue weighted by Gasteiger charge is 2.22. The molecule has 0 radical (unpaired) electrons. The van der Waals surface area contributed by atoms with Gasteiger partial charge in [0.2, 0.25) is 11.8 Å². The zero-order valence-electron chi connectivity index (χ0n) is 20.0. The minimum atomic E-state index is -0.630. The Kier molecular flexibility index (Phi) is 9.31. The fourth-order valence-electron chi connectivity index (χ4n) is 3.84. The molecule has 2 aromatic carbocycles. The molecule has 0 unspecified atom stereocenters. The Labute approximate surface area is 205 Å². The molecule has 8 nitrogen and oxygen atoms in total. The van der Waals surface area contributed by atoms with Crippen molar-refractivity contribution in [3.05, 3.63) is 77.9 Å². The summed E-state index contributed by atoms with van der Waals surface area (Å²) in [6.45, 7) is 0.777. The fraction of sp³-hybridized carbons (Fsp3) is 0.333. The third-order valence-electron chi connectivity index (χ3n) is 5.95. The van der Waals surface area contributed by atoms with Gasteiger partial charge in [-0.2, -0.15) is 0 Å². The van der Waals surface area contributed by atoms with Crippen molar-refractivity contribution < 1.29 is 19.2 Å². The first kappa shape index (κ1) is 25.8. The van der Waals surface area contributed by atoms with Crippen LogP contribution >= 0.6 is 0 Å². The Balaban J connectivity index is 1.35. The smallest absolute Gasteiger partial charge is 0.253 e. The lowest BCUT2D eigenvalue weighted by molar-refractivity contribution is -0.137. The number of nitrogens with zero attached hydrogens (tertiary/aromatic N) is 2. The summed E-state index contributed by atoms with van der Waals surface area (Å²) in [5, 5.41) is 2.89. The van der Waals surface area contributed by atoms with Crippen molar-refractivity contribution in [2.24, 2.45) is 5.73 Å². The van der Waals surface area contributed by atoms with Gasteiger partial charge in [0.15, 0.2) is 0 Å². The van der Waals surface area contributed by atoms with Crippen molar-refractivity contribution in [3.8, 4) is 0 Å². The Bertz CT molecular complexity index is 1050. The molecule has 0 aliphatic carbocycles. The van der Waals surface area contributed by atoms with E-state index in [0.717, 1.165) is 23.2 Å². The highest BCUT2D eigenvalue weighted by molar-refractivity contribution is 6.12. The molecule has 0 saturated carbocycles. The largest absolute Gasteiger partial charge is 0.352 e. The summed E-state index contributed by atoms with van der Waals surface area (Å²) in [5.74, 6) is -0.762. The summed E-state index contributed by atoms with van der Waals surface area (Å²) in [4.78, 5) is 50.6. The molecule has 1 aliphatic rings. The Hall–Kier alpha value is -3.78. The van der Waals surface area contributed by atoms with Crippen LogP contribution in [0.1, 0.15) is 36.8 Å². The van der Waals surface area contributed by atoms with Crippen LogP contribution in [0, 0.1) is 0 Å². The fourth-order valence-corrected chi connectivity index (χ4v) is 3.84. The summed E-state index contributed by atoms with van der Waals surface area (Å²) in [5.41, 5.74) is 8.80. The van der Waals surface area contributed by atoms with Gasteiger partial charge in [-0.1, -0.05) is 48.9 Å². The maximum atomic E-state index is 12.7. The van der Waals surface area contributed by atoms with Gasteiger partial charge in [0.05, 0.1) is 6.04 Å². The Morgan fingerprint density at radius 3 is 2.23 bits per heavy atom. The monoisotopic (exact) mass is 476 g/mol. The molecule has 1 heterocycles. The lowest BCUT2D eigenvalue weighted by Crippen LogP contribution is -2.43. The first-order valence-corrected chi connectivity index (χ1v) is 11.8. The van der Waals surface area contributed by atoms with E-state index in [0.29, 0.717) is 38.8 Å². The van der Waals surface area contributed by atoms with Gasteiger partial charge in [-0.3, -0.25) is 24.1 Å². The normalized spacial score (nSPS) is 13.7. The molecule has 0 aromatic heterocycles. The highest BCUT2D eigenvalue weighted by atomic mass is 16.2. The highest BCUT2D eigenvalue weighted by Crippen LogP contribution is 2.16. The SMILES string of the molecule is CN(C(=O)[C@@H](N)Cc1ccccc1)c1ccc(CNC(=O)CCCCCN2C(=O)C=CC2=O)cc1. The summed E-state index contributed by atoms with van der Waals surface area (Å²) >= 11 is 0. The molecule has 3 rings (SSSR count). The molecule has 0 saturated heterocycles. The third-order valence-corrected chi connectivity index (χ3v) is 5.95. The predicted octanol–water partition coefficient (Wildman–Crippen LogP) is 2.32. The molecule has 8 heteroatoms. The molecule has 2 aromatic rings. The topological polar surface area (TPSA) is 113 Å². The number of anilines is 1. The van der Waals surface area contributed by atoms with Crippen molar-refractivity contribution >= 4 is 29.3 Å². The van der Waals surface area contributed by atoms with Crippen LogP contribution in [-0.4, -0.2) is 48.2 Å². The van der Waals surface area contributed by atoms with Crippen molar-refractivity contribution in [1.82, 2.24) is 10.2 Å². The average Bonchev–Trinajstić information content (AvgIpc) is 3.19. The van der Waals surface area contributed by atoms with E-state index < -0.39 is 6.04 Å². The Morgan fingerprint density at radius 2 is 1.57 bits per heavy atom. The van der Waals surface area contributed by atoms with Gasteiger partial charge >= 0.3 is 0 Å². The lowest BCUT2D eigenvalue weighted by atomic mass is 10.1. The van der Waals surface area contributed by atoms with E-state index in [1.54, 1.807) is 11.9 Å². The van der Waals surface area contributed by atoms with Gasteiger partial charge in [-0.05, 0) is 42.5 Å². The van der Waals surface area contributed by atoms with Gasteiger partial charge in [0.25, 0.3) is 11.8 Å². The molecule has 0 spiro atoms. The first-order valence-electron chi connectivity index (χ1n) is 11.8. The molecule has 0 fully saturated rings. The van der Waals surface area contributed by atoms with E-state index in [-0.39, 0.29) is 23.6 Å². The number of hydrogen-bond donors (Lipinski definition) is 2. The van der Waals surface area contributed by atoms with Crippen molar-refractivity contribution in [3.63, 3.8) is 0 Å². The summed E-state index contributed by atoms with van der Waals surface area (Å²) in [6, 6.07) is 16.5. The van der Waals surface area contributed by atoms with E-state index in [2.05, 4.69) is 5.32 Å². The number of likely N-dealkylation sites (N-methyl/N-ethyl adjacent to an activating group) is 1. The first-order chi connectivity index (χ1) is 16.8. The number of imide groups is 1. The number of hydrogen-bond acceptors (Lipinski definition) is 5. The Morgan fingerprint density at radius 1 is 0.914 bits per heavy atom. The van der Waals surface area contributed by atoms with Crippen LogP contribution in [0.2, 0.25) is 0 Å². The zero-order chi connectivity index (χ0) is 25.2. The maximum absolute atomic E-state index is 12.7. The second-order valence-electron chi connectivity index (χ2n) is 8.61. The zero-order valence-corrected chi connectivity index (χ0v) is 20.0. The molecular formula is C27H32N4O4. The van der Waals surface area contributed by atoms with Crippen LogP contribution in [0.4, 0.5) is 5.69 Å². The van der Waals surface area contributed by atoms with E-state index in [9.17, 15) is 19.2 Å². The molecule has 3 N–H and O–H groups in total. The number of benzene rings is 2. The standard InChI is InChI=1S/C27H32N4O4/c1-30(27(35)23(28)18-20-8-4-2-5-9-20)22-13-11-21(12-14-22)19-29-24(32)10-6-3-7-17-31-25(33)15-16-26(31)34/h2,4-5,8-9,11-16,23H,3,6-7,10,17-19,28H2,1H3,(H,29,32)/t23-/m0/s1. The maximum Gasteiger partial charge on any atom is 0.253 e. The number of carbonyl (C=O) groups excluding carboxylic acids is 4. The van der Waals surface area contributed by atoms with Gasteiger partial charge in [-0.15, -0.1) is 0 Å². The van der Waals surface area contributed by atoms with Crippen molar-refractivity contribution in [2.75, 3.05) is 18.5 Å². The second kappa shape index (κ2) is 12.6. The molecule has 1 atom stereocenters. The van der Waals surface area contributed by atoms with Crippen LogP contribution < -0.4 is 16.0 Å². The predicted molar refractivity (Wildman–Crippen MR) is 134 cm³/mol.